The molecule has 55 heavy (non-hydrogen) atoms. The number of thiazole rings is 1. The molecule has 0 spiro atoms. The van der Waals surface area contributed by atoms with E-state index < -0.39 is 18.0 Å². The monoisotopic (exact) mass is 753 g/mol. The fraction of sp³-hybridized carbons (Fsp3) is 0.182. The smallest absolute Gasteiger partial charge is 0.338 e. The lowest BCUT2D eigenvalue weighted by molar-refractivity contribution is -0.136. The van der Waals surface area contributed by atoms with Crippen molar-refractivity contribution in [2.24, 2.45) is 4.99 Å². The van der Waals surface area contributed by atoms with Gasteiger partial charge in [0.25, 0.3) is 5.56 Å². The minimum atomic E-state index is -0.836. The number of hydrogen-bond donors (Lipinski definition) is 0. The molecule has 0 fully saturated rings. The van der Waals surface area contributed by atoms with E-state index in [2.05, 4.69) is 15.6 Å². The van der Waals surface area contributed by atoms with Gasteiger partial charge in [-0.2, -0.15) is 0 Å². The summed E-state index contributed by atoms with van der Waals surface area (Å²) in [5, 5.41) is 0. The maximum absolute atomic E-state index is 14.7. The molecule has 0 N–H and O–H groups in total. The Morgan fingerprint density at radius 1 is 0.782 bits per heavy atom. The number of methoxy groups -OCH3 is 1. The Hall–Kier alpha value is -6.46. The quantitative estimate of drug-likeness (QED) is 0.123. The zero-order valence-electron chi connectivity index (χ0n) is 30.9. The van der Waals surface area contributed by atoms with Crippen LogP contribution in [-0.2, 0) is 14.3 Å². The average molecular weight is 754 g/mol. The van der Waals surface area contributed by atoms with E-state index in [1.807, 2.05) is 98.8 Å². The molecule has 0 radical (unpaired) electrons. The zero-order valence-corrected chi connectivity index (χ0v) is 31.7. The van der Waals surface area contributed by atoms with Crippen molar-refractivity contribution in [2.75, 3.05) is 26.9 Å². The van der Waals surface area contributed by atoms with Crippen molar-refractivity contribution in [2.45, 2.75) is 26.8 Å². The summed E-state index contributed by atoms with van der Waals surface area (Å²) in [6, 6.07) is 33.9. The van der Waals surface area contributed by atoms with E-state index in [1.165, 1.54) is 24.6 Å². The summed E-state index contributed by atoms with van der Waals surface area (Å²) in [4.78, 5) is 45.4. The van der Waals surface area contributed by atoms with E-state index >= 15 is 0 Å². The van der Waals surface area contributed by atoms with Crippen molar-refractivity contribution in [3.63, 3.8) is 0 Å². The van der Waals surface area contributed by atoms with Gasteiger partial charge in [0.05, 0.1) is 60.0 Å². The van der Waals surface area contributed by atoms with Gasteiger partial charge in [-0.05, 0) is 86.0 Å². The molecule has 6 aromatic rings. The highest BCUT2D eigenvalue weighted by molar-refractivity contribution is 7.07. The molecule has 10 nitrogen and oxygen atoms in total. The number of carbonyl (C=O) groups excluding carboxylic acids is 2. The van der Waals surface area contributed by atoms with Gasteiger partial charge in [0, 0.05) is 17.5 Å². The Morgan fingerprint density at radius 2 is 1.45 bits per heavy atom. The first-order valence-electron chi connectivity index (χ1n) is 18.0. The SMILES string of the molecule is CCOC(=O)c1ccc(-n2c(-c3ccccc3)cc(/C=c3/sc4n(c3=O)[C@H](c3ccc(OCC)c(OCC)c3)C(C(=O)OC)=CN=4)c2-c2ccccc2)cc1. The third-order valence-corrected chi connectivity index (χ3v) is 10.1. The van der Waals surface area contributed by atoms with Crippen LogP contribution < -0.4 is 24.4 Å². The van der Waals surface area contributed by atoms with Gasteiger partial charge in [0.15, 0.2) is 16.3 Å². The van der Waals surface area contributed by atoms with Gasteiger partial charge >= 0.3 is 11.9 Å². The average Bonchev–Trinajstić information content (AvgIpc) is 3.75. The fourth-order valence-electron chi connectivity index (χ4n) is 6.71. The van der Waals surface area contributed by atoms with Crippen LogP contribution in [0.3, 0.4) is 0 Å². The second-order valence-corrected chi connectivity index (χ2v) is 13.4. The van der Waals surface area contributed by atoms with Crippen molar-refractivity contribution in [3.05, 3.63) is 157 Å². The molecule has 1 atom stereocenters. The van der Waals surface area contributed by atoms with Gasteiger partial charge in [-0.3, -0.25) is 9.36 Å². The lowest BCUT2D eigenvalue weighted by Crippen LogP contribution is -2.39. The maximum atomic E-state index is 14.7. The molecule has 1 aliphatic heterocycles. The number of fused-ring (bicyclic) bond motifs is 1. The van der Waals surface area contributed by atoms with Gasteiger partial charge < -0.3 is 23.5 Å². The van der Waals surface area contributed by atoms with Gasteiger partial charge in [-0.1, -0.05) is 78.1 Å². The predicted molar refractivity (Wildman–Crippen MR) is 213 cm³/mol. The lowest BCUT2D eigenvalue weighted by atomic mass is 9.97. The number of rotatable bonds is 12. The number of ether oxygens (including phenoxy) is 4. The minimum Gasteiger partial charge on any atom is -0.490 e. The first-order chi connectivity index (χ1) is 26.9. The van der Waals surface area contributed by atoms with E-state index in [9.17, 15) is 14.4 Å². The highest BCUT2D eigenvalue weighted by atomic mass is 32.1. The van der Waals surface area contributed by atoms with Gasteiger partial charge in [0.2, 0.25) is 0 Å². The van der Waals surface area contributed by atoms with Crippen LogP contribution in [0.4, 0.5) is 0 Å². The highest BCUT2D eigenvalue weighted by Gasteiger charge is 2.32. The Bertz CT molecular complexity index is 2570. The molecule has 0 amide bonds. The van der Waals surface area contributed by atoms with Crippen LogP contribution in [0.25, 0.3) is 34.3 Å². The summed E-state index contributed by atoms with van der Waals surface area (Å²) in [7, 11) is 1.31. The standard InChI is InChI=1S/C44H39N3O7S/c1-5-52-36-23-20-31(25-37(36)53-6-2)40-34(43(50)51-4)27-45-44-47(40)41(48)38(55-44)26-32-24-35(28-14-10-8-11-15-28)46(39(32)29-16-12-9-13-17-29)33-21-18-30(19-22-33)42(49)54-7-3/h8-27,40H,5-7H2,1-4H3/b38-26+/t40-/m1/s1. The largest absolute Gasteiger partial charge is 0.490 e. The fourth-order valence-corrected chi connectivity index (χ4v) is 7.67. The van der Waals surface area contributed by atoms with Crippen LogP contribution in [0.15, 0.2) is 131 Å². The van der Waals surface area contributed by atoms with E-state index in [0.29, 0.717) is 45.2 Å². The summed E-state index contributed by atoms with van der Waals surface area (Å²) in [6.45, 7) is 6.67. The van der Waals surface area contributed by atoms with Crippen molar-refractivity contribution < 1.29 is 28.5 Å². The number of hydrogen-bond acceptors (Lipinski definition) is 9. The topological polar surface area (TPSA) is 110 Å². The van der Waals surface area contributed by atoms with E-state index in [1.54, 1.807) is 35.8 Å². The van der Waals surface area contributed by atoms with Crippen LogP contribution in [0.5, 0.6) is 11.5 Å². The Balaban J connectivity index is 1.46. The van der Waals surface area contributed by atoms with Gasteiger partial charge in [0.1, 0.15) is 0 Å². The van der Waals surface area contributed by atoms with Crippen LogP contribution in [0.1, 0.15) is 48.3 Å². The number of aromatic nitrogens is 2. The van der Waals surface area contributed by atoms with Gasteiger partial charge in [-0.25, -0.2) is 14.6 Å². The first-order valence-corrected chi connectivity index (χ1v) is 18.8. The van der Waals surface area contributed by atoms with E-state index in [-0.39, 0.29) is 17.7 Å². The zero-order chi connectivity index (χ0) is 38.5. The van der Waals surface area contributed by atoms with E-state index in [0.717, 1.165) is 33.8 Å². The molecule has 0 bridgehead atoms. The molecule has 0 aliphatic carbocycles. The first kappa shape index (κ1) is 36.9. The molecule has 7 rings (SSSR count). The minimum absolute atomic E-state index is 0.210. The maximum Gasteiger partial charge on any atom is 0.338 e. The summed E-state index contributed by atoms with van der Waals surface area (Å²) in [5.74, 6) is 0.0755. The van der Waals surface area contributed by atoms with Crippen LogP contribution in [0.2, 0.25) is 0 Å². The number of carbonyl (C=O) groups is 2. The molecular formula is C44H39N3O7S. The van der Waals surface area contributed by atoms with Crippen LogP contribution in [0, 0.1) is 0 Å². The van der Waals surface area contributed by atoms with Crippen molar-refractivity contribution >= 4 is 29.4 Å². The lowest BCUT2D eigenvalue weighted by Gasteiger charge is -2.23. The molecule has 3 heterocycles. The van der Waals surface area contributed by atoms with Crippen LogP contribution in [-0.4, -0.2) is 48.0 Å². The molecule has 0 saturated heterocycles. The molecule has 4 aromatic carbocycles. The third-order valence-electron chi connectivity index (χ3n) is 9.08. The summed E-state index contributed by atoms with van der Waals surface area (Å²) in [6.07, 6.45) is 3.35. The summed E-state index contributed by atoms with van der Waals surface area (Å²) in [5.41, 5.74) is 6.18. The number of benzene rings is 4. The second kappa shape index (κ2) is 16.3. The Morgan fingerprint density at radius 3 is 2.11 bits per heavy atom. The Kier molecular flexibility index (Phi) is 10.9. The van der Waals surface area contributed by atoms with E-state index in [4.69, 9.17) is 18.9 Å². The normalized spacial score (nSPS) is 13.7. The summed E-state index contributed by atoms with van der Waals surface area (Å²) < 4.78 is 26.2. The number of esters is 2. The highest BCUT2D eigenvalue weighted by Crippen LogP contribution is 2.38. The molecule has 278 valence electrons. The van der Waals surface area contributed by atoms with Crippen LogP contribution >= 0.6 is 11.3 Å². The second-order valence-electron chi connectivity index (χ2n) is 12.4. The molecule has 0 unspecified atom stereocenters. The molecule has 0 saturated carbocycles. The Labute approximate surface area is 321 Å². The van der Waals surface area contributed by atoms with Crippen molar-refractivity contribution in [1.29, 1.82) is 0 Å². The summed E-state index contributed by atoms with van der Waals surface area (Å²) >= 11 is 1.24. The predicted octanol–water partition coefficient (Wildman–Crippen LogP) is 7.12. The van der Waals surface area contributed by atoms with Crippen molar-refractivity contribution in [1.82, 2.24) is 9.13 Å². The molecular weight excluding hydrogens is 715 g/mol. The molecule has 2 aromatic heterocycles. The van der Waals surface area contributed by atoms with Crippen molar-refractivity contribution in [3.8, 4) is 39.7 Å². The molecule has 11 heteroatoms. The third kappa shape index (κ3) is 7.26. The van der Waals surface area contributed by atoms with Gasteiger partial charge in [-0.15, -0.1) is 0 Å². The number of nitrogens with zero attached hydrogens (tertiary/aromatic N) is 3. The molecule has 1 aliphatic rings.